The zero-order chi connectivity index (χ0) is 16.7. The van der Waals surface area contributed by atoms with Crippen LogP contribution in [0.2, 0.25) is 0 Å². The predicted molar refractivity (Wildman–Crippen MR) is 83.3 cm³/mol. The zero-order valence-electron chi connectivity index (χ0n) is 13.3. The smallest absolute Gasteiger partial charge is 0.409 e. The van der Waals surface area contributed by atoms with Gasteiger partial charge < -0.3 is 15.0 Å². The molecule has 0 atom stereocenters. The highest BCUT2D eigenvalue weighted by Crippen LogP contribution is 2.06. The quantitative estimate of drug-likeness (QED) is 0.885. The summed E-state index contributed by atoms with van der Waals surface area (Å²) in [6.45, 7) is 4.86. The van der Waals surface area contributed by atoms with Crippen LogP contribution in [0.4, 0.5) is 9.18 Å². The van der Waals surface area contributed by atoms with Crippen molar-refractivity contribution in [3.63, 3.8) is 0 Å². The maximum Gasteiger partial charge on any atom is 0.409 e. The number of hydrogen-bond acceptors (Lipinski definition) is 4. The van der Waals surface area contributed by atoms with Crippen molar-refractivity contribution in [1.29, 1.82) is 0 Å². The molecule has 1 fully saturated rings. The predicted octanol–water partition coefficient (Wildman–Crippen LogP) is 1.22. The van der Waals surface area contributed by atoms with Crippen LogP contribution in [-0.2, 0) is 16.1 Å². The normalized spacial score (nSPS) is 15.3. The van der Waals surface area contributed by atoms with E-state index in [1.807, 2.05) is 4.90 Å². The van der Waals surface area contributed by atoms with Gasteiger partial charge in [-0.1, -0.05) is 18.2 Å². The first kappa shape index (κ1) is 17.2. The van der Waals surface area contributed by atoms with Crippen molar-refractivity contribution < 1.29 is 18.7 Å². The van der Waals surface area contributed by atoms with Crippen molar-refractivity contribution in [2.24, 2.45) is 0 Å². The summed E-state index contributed by atoms with van der Waals surface area (Å²) in [6, 6.07) is 6.37. The average molecular weight is 323 g/mol. The lowest BCUT2D eigenvalue weighted by Gasteiger charge is -2.33. The summed E-state index contributed by atoms with van der Waals surface area (Å²) in [5.74, 6) is -0.478. The van der Waals surface area contributed by atoms with Gasteiger partial charge in [-0.15, -0.1) is 0 Å². The molecule has 1 aromatic rings. The first-order valence-corrected chi connectivity index (χ1v) is 7.74. The van der Waals surface area contributed by atoms with Crippen LogP contribution in [0.1, 0.15) is 12.5 Å². The van der Waals surface area contributed by atoms with E-state index in [0.717, 1.165) is 0 Å². The Balaban J connectivity index is 1.71. The molecule has 1 aliphatic heterocycles. The second-order valence-electron chi connectivity index (χ2n) is 5.33. The third-order valence-corrected chi connectivity index (χ3v) is 3.70. The van der Waals surface area contributed by atoms with Crippen LogP contribution < -0.4 is 5.32 Å². The van der Waals surface area contributed by atoms with Crippen LogP contribution in [0.3, 0.4) is 0 Å². The first-order valence-electron chi connectivity index (χ1n) is 7.74. The van der Waals surface area contributed by atoms with E-state index in [0.29, 0.717) is 38.3 Å². The van der Waals surface area contributed by atoms with E-state index >= 15 is 0 Å². The first-order chi connectivity index (χ1) is 11.1. The third-order valence-electron chi connectivity index (χ3n) is 3.70. The van der Waals surface area contributed by atoms with Gasteiger partial charge in [0, 0.05) is 38.3 Å². The fourth-order valence-electron chi connectivity index (χ4n) is 2.40. The molecule has 0 aliphatic carbocycles. The summed E-state index contributed by atoms with van der Waals surface area (Å²) in [6.07, 6.45) is -0.309. The van der Waals surface area contributed by atoms with Crippen LogP contribution in [0.5, 0.6) is 0 Å². The third kappa shape index (κ3) is 5.21. The number of halogens is 1. The van der Waals surface area contributed by atoms with Gasteiger partial charge in [-0.2, -0.15) is 0 Å². The zero-order valence-corrected chi connectivity index (χ0v) is 13.3. The number of rotatable bonds is 5. The number of amides is 2. The number of benzene rings is 1. The van der Waals surface area contributed by atoms with Gasteiger partial charge in [0.15, 0.2) is 0 Å². The number of carbonyl (C=O) groups is 2. The molecule has 2 amide bonds. The number of nitrogens with one attached hydrogen (secondary N) is 1. The van der Waals surface area contributed by atoms with E-state index in [1.165, 1.54) is 6.07 Å². The highest BCUT2D eigenvalue weighted by atomic mass is 19.1. The fraction of sp³-hybridized carbons (Fsp3) is 0.500. The Morgan fingerprint density at radius 2 is 1.91 bits per heavy atom. The SMILES string of the molecule is CCOC(=O)N1CCN(CC(=O)NCc2ccccc2F)CC1. The molecule has 7 heteroatoms. The molecule has 0 unspecified atom stereocenters. The van der Waals surface area contributed by atoms with Crippen LogP contribution >= 0.6 is 0 Å². The largest absolute Gasteiger partial charge is 0.450 e. The van der Waals surface area contributed by atoms with E-state index in [2.05, 4.69) is 5.32 Å². The number of hydrogen-bond donors (Lipinski definition) is 1. The standard InChI is InChI=1S/C16H22FN3O3/c1-2-23-16(22)20-9-7-19(8-10-20)12-15(21)18-11-13-5-3-4-6-14(13)17/h3-6H,2,7-12H2,1H3,(H,18,21). The van der Waals surface area contributed by atoms with Crippen LogP contribution in [-0.4, -0.2) is 61.1 Å². The van der Waals surface area contributed by atoms with Gasteiger partial charge in [-0.3, -0.25) is 9.69 Å². The summed E-state index contributed by atoms with van der Waals surface area (Å²) in [5, 5.41) is 2.72. The van der Waals surface area contributed by atoms with Gasteiger partial charge in [0.25, 0.3) is 0 Å². The lowest BCUT2D eigenvalue weighted by atomic mass is 10.2. The molecule has 0 bridgehead atoms. The topological polar surface area (TPSA) is 61.9 Å². The van der Waals surface area contributed by atoms with Crippen molar-refractivity contribution in [1.82, 2.24) is 15.1 Å². The van der Waals surface area contributed by atoms with Crippen molar-refractivity contribution in [3.8, 4) is 0 Å². The molecule has 0 radical (unpaired) electrons. The van der Waals surface area contributed by atoms with E-state index in [4.69, 9.17) is 4.74 Å². The van der Waals surface area contributed by atoms with Gasteiger partial charge >= 0.3 is 6.09 Å². The Hall–Kier alpha value is -2.15. The molecule has 23 heavy (non-hydrogen) atoms. The maximum absolute atomic E-state index is 13.5. The molecule has 1 heterocycles. The fourth-order valence-corrected chi connectivity index (χ4v) is 2.40. The second kappa shape index (κ2) is 8.47. The Kier molecular flexibility index (Phi) is 6.34. The molecule has 0 spiro atoms. The number of piperazine rings is 1. The highest BCUT2D eigenvalue weighted by molar-refractivity contribution is 5.78. The van der Waals surface area contributed by atoms with Crippen LogP contribution in [0.15, 0.2) is 24.3 Å². The molecule has 2 rings (SSSR count). The Morgan fingerprint density at radius 1 is 1.22 bits per heavy atom. The van der Waals surface area contributed by atoms with Crippen LogP contribution in [0, 0.1) is 5.82 Å². The van der Waals surface area contributed by atoms with E-state index in [9.17, 15) is 14.0 Å². The van der Waals surface area contributed by atoms with Crippen molar-refractivity contribution in [3.05, 3.63) is 35.6 Å². The Bertz CT molecular complexity index is 545. The minimum Gasteiger partial charge on any atom is -0.450 e. The van der Waals surface area contributed by atoms with E-state index in [1.54, 1.807) is 30.0 Å². The van der Waals surface area contributed by atoms with Crippen molar-refractivity contribution >= 4 is 12.0 Å². The van der Waals surface area contributed by atoms with E-state index in [-0.39, 0.29) is 30.9 Å². The van der Waals surface area contributed by atoms with Gasteiger partial charge in [0.05, 0.1) is 13.2 Å². The van der Waals surface area contributed by atoms with Crippen LogP contribution in [0.25, 0.3) is 0 Å². The van der Waals surface area contributed by atoms with Crippen molar-refractivity contribution in [2.75, 3.05) is 39.3 Å². The summed E-state index contributed by atoms with van der Waals surface area (Å²) in [7, 11) is 0. The molecule has 126 valence electrons. The molecule has 1 aliphatic rings. The van der Waals surface area contributed by atoms with E-state index < -0.39 is 0 Å². The molecule has 0 saturated carbocycles. The molecule has 1 saturated heterocycles. The maximum atomic E-state index is 13.5. The molecule has 6 nitrogen and oxygen atoms in total. The Morgan fingerprint density at radius 3 is 2.57 bits per heavy atom. The molecule has 1 N–H and O–H groups in total. The lowest BCUT2D eigenvalue weighted by Crippen LogP contribution is -2.51. The monoisotopic (exact) mass is 323 g/mol. The summed E-state index contributed by atoms with van der Waals surface area (Å²) >= 11 is 0. The van der Waals surface area contributed by atoms with Gasteiger partial charge in [-0.25, -0.2) is 9.18 Å². The van der Waals surface area contributed by atoms with Gasteiger partial charge in [0.1, 0.15) is 5.82 Å². The van der Waals surface area contributed by atoms with Gasteiger partial charge in [-0.05, 0) is 13.0 Å². The molecular formula is C16H22FN3O3. The summed E-state index contributed by atoms with van der Waals surface area (Å²) in [5.41, 5.74) is 0.466. The average Bonchev–Trinajstić information content (AvgIpc) is 2.55. The second-order valence-corrected chi connectivity index (χ2v) is 5.33. The number of carbonyl (C=O) groups excluding carboxylic acids is 2. The molecule has 0 aromatic heterocycles. The Labute approximate surface area is 135 Å². The molecule has 1 aromatic carbocycles. The minimum absolute atomic E-state index is 0.155. The summed E-state index contributed by atoms with van der Waals surface area (Å²) < 4.78 is 18.4. The summed E-state index contributed by atoms with van der Waals surface area (Å²) in [4.78, 5) is 27.1. The number of nitrogens with zero attached hydrogens (tertiary/aromatic N) is 2. The molecular weight excluding hydrogens is 301 g/mol. The highest BCUT2D eigenvalue weighted by Gasteiger charge is 2.22. The lowest BCUT2D eigenvalue weighted by molar-refractivity contribution is -0.122. The van der Waals surface area contributed by atoms with Crippen molar-refractivity contribution in [2.45, 2.75) is 13.5 Å². The van der Waals surface area contributed by atoms with Gasteiger partial charge in [0.2, 0.25) is 5.91 Å². The number of ether oxygens (including phenoxy) is 1. The minimum atomic E-state index is -0.323.